The highest BCUT2D eigenvalue weighted by atomic mass is 16.5. The summed E-state index contributed by atoms with van der Waals surface area (Å²) < 4.78 is 14.8. The van der Waals surface area contributed by atoms with Crippen LogP contribution in [0.25, 0.3) is 24.3 Å². The Morgan fingerprint density at radius 2 is 0.956 bits per heavy atom. The van der Waals surface area contributed by atoms with Gasteiger partial charge in [0.05, 0.1) is 19.8 Å². The van der Waals surface area contributed by atoms with Crippen molar-refractivity contribution in [3.63, 3.8) is 0 Å². The van der Waals surface area contributed by atoms with Crippen LogP contribution >= 0.6 is 0 Å². The lowest BCUT2D eigenvalue weighted by Gasteiger charge is -2.06. The Morgan fingerprint density at radius 1 is 0.578 bits per heavy atom. The number of ether oxygens (including phenoxy) is 3. The minimum Gasteiger partial charge on any atom is -0.388 e. The van der Waals surface area contributed by atoms with Crippen molar-refractivity contribution < 1.29 is 19.0 Å². The van der Waals surface area contributed by atoms with Gasteiger partial charge < -0.3 is 19.5 Å². The lowest BCUT2D eigenvalue weighted by Crippen LogP contribution is -2.27. The molecule has 0 spiro atoms. The molecule has 3 aromatic carbocycles. The molecule has 0 saturated heterocycles. The maximum absolute atomic E-state index is 11.2. The number of benzene rings is 3. The average molecular weight is 620 g/mol. The molecule has 5 nitrogen and oxygen atoms in total. The van der Waals surface area contributed by atoms with E-state index >= 15 is 0 Å². The summed E-state index contributed by atoms with van der Waals surface area (Å²) in [5.41, 5.74) is 4.85. The topological polar surface area (TPSA) is 56.8 Å². The molecule has 1 N–H and O–H groups in total. The quantitative estimate of drug-likeness (QED) is 0.136. The fraction of sp³-hybridized carbons (Fsp3) is 0.425. The van der Waals surface area contributed by atoms with Gasteiger partial charge in [0.25, 0.3) is 0 Å². The zero-order chi connectivity index (χ0) is 33.8. The molecule has 250 valence electrons. The van der Waals surface area contributed by atoms with Crippen molar-refractivity contribution in [1.29, 1.82) is 0 Å². The summed E-state index contributed by atoms with van der Waals surface area (Å²) in [6, 6.07) is 29.3. The first-order chi connectivity index (χ1) is 22.1. The largest absolute Gasteiger partial charge is 0.388 e. The van der Waals surface area contributed by atoms with Gasteiger partial charge in [0.1, 0.15) is 0 Å². The lowest BCUT2D eigenvalue weighted by atomic mass is 10.1. The first-order valence-electron chi connectivity index (χ1n) is 16.5. The van der Waals surface area contributed by atoms with E-state index in [1.54, 1.807) is 14.2 Å². The number of rotatable bonds is 15. The Hall–Kier alpha value is -3.51. The molecule has 0 aromatic heterocycles. The average Bonchev–Trinajstić information content (AvgIpc) is 3.10. The second-order valence-electron chi connectivity index (χ2n) is 9.24. The third-order valence-corrected chi connectivity index (χ3v) is 5.52. The van der Waals surface area contributed by atoms with Crippen LogP contribution in [0.15, 0.2) is 84.9 Å². The van der Waals surface area contributed by atoms with E-state index in [0.29, 0.717) is 32.8 Å². The van der Waals surface area contributed by atoms with Crippen molar-refractivity contribution >= 4 is 30.2 Å². The van der Waals surface area contributed by atoms with Crippen molar-refractivity contribution in [2.24, 2.45) is 0 Å². The fourth-order valence-corrected chi connectivity index (χ4v) is 3.39. The summed E-state index contributed by atoms with van der Waals surface area (Å²) in [5.74, 6) is 0.118. The number of nitrogens with one attached hydrogen (secondary N) is 1. The summed E-state index contributed by atoms with van der Waals surface area (Å²) >= 11 is 0. The van der Waals surface area contributed by atoms with Crippen molar-refractivity contribution in [3.05, 3.63) is 107 Å². The van der Waals surface area contributed by atoms with Gasteiger partial charge in [-0.15, -0.1) is 0 Å². The Balaban J connectivity index is 0. The van der Waals surface area contributed by atoms with E-state index < -0.39 is 0 Å². The maximum Gasteiger partial charge on any atom is 0.220 e. The number of unbranched alkanes of at least 4 members (excludes halogenated alkanes) is 1. The van der Waals surface area contributed by atoms with Gasteiger partial charge >= 0.3 is 0 Å². The van der Waals surface area contributed by atoms with Crippen molar-refractivity contribution in [2.45, 2.75) is 67.2 Å². The summed E-state index contributed by atoms with van der Waals surface area (Å²) in [7, 11) is 3.25. The van der Waals surface area contributed by atoms with E-state index in [2.05, 4.69) is 121 Å². The van der Waals surface area contributed by atoms with E-state index in [9.17, 15) is 4.79 Å². The Labute approximate surface area is 275 Å². The van der Waals surface area contributed by atoms with E-state index in [1.165, 1.54) is 22.3 Å². The minimum absolute atomic E-state index is 0.118. The number of carbonyl (C=O) groups excluding carboxylic acids is 1. The molecule has 0 heterocycles. The normalized spacial score (nSPS) is 9.87. The highest BCUT2D eigenvalue weighted by Gasteiger charge is 1.98. The highest BCUT2D eigenvalue weighted by Crippen LogP contribution is 2.12. The Morgan fingerprint density at radius 3 is 1.33 bits per heavy atom. The Kier molecular flexibility index (Phi) is 33.9. The molecule has 1 amide bonds. The van der Waals surface area contributed by atoms with E-state index in [4.69, 9.17) is 9.47 Å². The van der Waals surface area contributed by atoms with E-state index in [1.807, 2.05) is 39.8 Å². The number of hydrogen-bond acceptors (Lipinski definition) is 4. The zero-order valence-electron chi connectivity index (χ0n) is 29.4. The first kappa shape index (κ1) is 43.6. The molecule has 0 unspecified atom stereocenters. The molecule has 0 saturated carbocycles. The monoisotopic (exact) mass is 619 g/mol. The molecular weight excluding hydrogens is 558 g/mol. The molecule has 5 heteroatoms. The van der Waals surface area contributed by atoms with Crippen LogP contribution in [0.5, 0.6) is 0 Å². The summed E-state index contributed by atoms with van der Waals surface area (Å²) in [5, 5.41) is 2.81. The second kappa shape index (κ2) is 35.0. The third-order valence-electron chi connectivity index (χ3n) is 5.52. The van der Waals surface area contributed by atoms with Crippen LogP contribution in [0, 0.1) is 0 Å². The van der Waals surface area contributed by atoms with Crippen LogP contribution in [0.3, 0.4) is 0 Å². The van der Waals surface area contributed by atoms with Crippen LogP contribution < -0.4 is 5.32 Å². The third kappa shape index (κ3) is 27.8. The lowest BCUT2D eigenvalue weighted by molar-refractivity contribution is -0.121. The highest BCUT2D eigenvalue weighted by molar-refractivity contribution is 5.75. The maximum atomic E-state index is 11.2. The predicted octanol–water partition coefficient (Wildman–Crippen LogP) is 10.1. The van der Waals surface area contributed by atoms with Gasteiger partial charge in [0.2, 0.25) is 5.91 Å². The SMILES string of the molecule is C(=C\c1ccc(/C=C/c2ccccc2)cc1)/c1ccccc1.CC.CC.CCCCC(=O)NCCOCCOCCC.COC. The van der Waals surface area contributed by atoms with Gasteiger partial charge in [-0.1, -0.05) is 157 Å². The minimum atomic E-state index is 0.118. The summed E-state index contributed by atoms with van der Waals surface area (Å²) in [6.45, 7) is 15.3. The first-order valence-corrected chi connectivity index (χ1v) is 16.5. The fourth-order valence-electron chi connectivity index (χ4n) is 3.39. The molecule has 0 bridgehead atoms. The molecule has 0 aliphatic rings. The van der Waals surface area contributed by atoms with Gasteiger partial charge in [-0.3, -0.25) is 4.79 Å². The number of hydrogen-bond donors (Lipinski definition) is 1. The summed E-state index contributed by atoms with van der Waals surface area (Å²) in [4.78, 5) is 11.2. The Bertz CT molecular complexity index is 996. The van der Waals surface area contributed by atoms with Crippen LogP contribution in [-0.4, -0.2) is 53.1 Å². The van der Waals surface area contributed by atoms with Crippen molar-refractivity contribution in [3.8, 4) is 0 Å². The number of carbonyl (C=O) groups is 1. The molecule has 0 aliphatic carbocycles. The smallest absolute Gasteiger partial charge is 0.220 e. The van der Waals surface area contributed by atoms with Gasteiger partial charge in [-0.05, 0) is 35.1 Å². The van der Waals surface area contributed by atoms with Gasteiger partial charge in [0, 0.05) is 33.8 Å². The van der Waals surface area contributed by atoms with Crippen LogP contribution in [0.4, 0.5) is 0 Å². The van der Waals surface area contributed by atoms with Gasteiger partial charge in [0.15, 0.2) is 0 Å². The number of methoxy groups -OCH3 is 1. The van der Waals surface area contributed by atoms with Gasteiger partial charge in [-0.2, -0.15) is 0 Å². The molecule has 0 aliphatic heterocycles. The molecular formula is C40H61NO4. The van der Waals surface area contributed by atoms with Crippen LogP contribution in [0.1, 0.15) is 89.5 Å². The zero-order valence-corrected chi connectivity index (χ0v) is 29.4. The summed E-state index contributed by atoms with van der Waals surface area (Å²) in [6.07, 6.45) is 12.2. The van der Waals surface area contributed by atoms with Crippen LogP contribution in [0.2, 0.25) is 0 Å². The molecule has 0 radical (unpaired) electrons. The van der Waals surface area contributed by atoms with E-state index in [-0.39, 0.29) is 5.91 Å². The van der Waals surface area contributed by atoms with Crippen LogP contribution in [-0.2, 0) is 19.0 Å². The molecule has 3 rings (SSSR count). The second-order valence-corrected chi connectivity index (χ2v) is 9.24. The molecule has 0 atom stereocenters. The standard InChI is InChI=1S/C22H18.C12H25NO3.C2H6O.2C2H6/c1-3-7-19(8-4-1)11-13-21-15-17-22(18-16-21)14-12-20-9-5-2-6-10-20;1-3-5-6-12(14)13-7-9-16-11-10-15-8-4-2;1-3-2;2*1-2/h1-18H;3-11H2,1-2H3,(H,13,14);1-2H3;2*1-2H3/b13-11+,14-12+;;;;. The van der Waals surface area contributed by atoms with Gasteiger partial charge in [-0.25, -0.2) is 0 Å². The molecule has 3 aromatic rings. The molecule has 0 fully saturated rings. The van der Waals surface area contributed by atoms with Crippen molar-refractivity contribution in [2.75, 3.05) is 47.2 Å². The van der Waals surface area contributed by atoms with E-state index in [0.717, 1.165) is 25.9 Å². The van der Waals surface area contributed by atoms with Crippen molar-refractivity contribution in [1.82, 2.24) is 5.32 Å². The number of amides is 1. The molecule has 45 heavy (non-hydrogen) atoms. The predicted molar refractivity (Wildman–Crippen MR) is 197 cm³/mol.